The van der Waals surface area contributed by atoms with Crippen molar-refractivity contribution in [2.45, 2.75) is 78.1 Å². The van der Waals surface area contributed by atoms with E-state index in [-0.39, 0.29) is 51.9 Å². The maximum Gasteiger partial charge on any atom is 0.343 e. The molecule has 0 aliphatic heterocycles. The normalized spacial score (nSPS) is 13.1. The minimum Gasteiger partial charge on any atom is -0.496 e. The fraction of sp³-hybridized carbons (Fsp3) is 0.500. The fourth-order valence-corrected chi connectivity index (χ4v) is 5.31. The summed E-state index contributed by atoms with van der Waals surface area (Å²) in [7, 11) is 0.474. The third-order valence-electron chi connectivity index (χ3n) is 7.98. The zero-order chi connectivity index (χ0) is 31.8. The molecule has 232 valence electrons. The highest BCUT2D eigenvalue weighted by atomic mass is 35.5. The molecule has 2 aromatic carbocycles. The van der Waals surface area contributed by atoms with Gasteiger partial charge in [0.2, 0.25) is 5.78 Å². The molecule has 2 aromatic rings. The molecule has 0 saturated heterocycles. The maximum absolute atomic E-state index is 14.7. The van der Waals surface area contributed by atoms with Gasteiger partial charge in [-0.1, -0.05) is 51.4 Å². The monoisotopic (exact) mass is 621 g/mol. The molecular formula is C32H45ClFNO6Si. The van der Waals surface area contributed by atoms with Crippen LogP contribution in [0.3, 0.4) is 0 Å². The Morgan fingerprint density at radius 1 is 1.12 bits per heavy atom. The number of carbonyl (C=O) groups is 2. The van der Waals surface area contributed by atoms with Gasteiger partial charge in [0.25, 0.3) is 0 Å². The van der Waals surface area contributed by atoms with E-state index in [1.54, 1.807) is 31.2 Å². The number of hydrogen-bond acceptors (Lipinski definition) is 7. The van der Waals surface area contributed by atoms with Crippen LogP contribution in [0.15, 0.2) is 42.1 Å². The molecule has 0 aromatic heterocycles. The van der Waals surface area contributed by atoms with Crippen molar-refractivity contribution in [3.63, 3.8) is 0 Å². The summed E-state index contributed by atoms with van der Waals surface area (Å²) in [5.74, 6) is -1.19. The van der Waals surface area contributed by atoms with Crippen LogP contribution in [0.25, 0.3) is 0 Å². The van der Waals surface area contributed by atoms with Gasteiger partial charge >= 0.3 is 5.97 Å². The molecule has 0 aliphatic carbocycles. The molecule has 0 radical (unpaired) electrons. The molecule has 0 saturated carbocycles. The number of methoxy groups -OCH3 is 2. The summed E-state index contributed by atoms with van der Waals surface area (Å²) >= 11 is 5.98. The number of rotatable bonds is 15. The third kappa shape index (κ3) is 8.81. The van der Waals surface area contributed by atoms with Crippen molar-refractivity contribution in [1.82, 2.24) is 5.32 Å². The van der Waals surface area contributed by atoms with Crippen LogP contribution in [0.2, 0.25) is 23.2 Å². The molecule has 7 nitrogen and oxygen atoms in total. The van der Waals surface area contributed by atoms with Gasteiger partial charge in [0.15, 0.2) is 8.32 Å². The van der Waals surface area contributed by atoms with E-state index in [1.165, 1.54) is 26.5 Å². The third-order valence-corrected chi connectivity index (χ3v) is 11.8. The lowest BCUT2D eigenvalue weighted by molar-refractivity contribution is -0.138. The van der Waals surface area contributed by atoms with E-state index in [0.29, 0.717) is 16.9 Å². The van der Waals surface area contributed by atoms with Crippen LogP contribution in [0.1, 0.15) is 68.9 Å². The van der Waals surface area contributed by atoms with Gasteiger partial charge in [0.05, 0.1) is 31.4 Å². The number of esters is 1. The van der Waals surface area contributed by atoms with Crippen LogP contribution >= 0.6 is 11.6 Å². The minimum absolute atomic E-state index is 0.0112. The predicted molar refractivity (Wildman–Crippen MR) is 168 cm³/mol. The van der Waals surface area contributed by atoms with Gasteiger partial charge in [0, 0.05) is 24.7 Å². The first-order valence-electron chi connectivity index (χ1n) is 14.2. The lowest BCUT2D eigenvalue weighted by Gasteiger charge is -2.36. The quantitative estimate of drug-likeness (QED) is 0.0547. The highest BCUT2D eigenvalue weighted by Gasteiger charge is 2.38. The zero-order valence-corrected chi connectivity index (χ0v) is 27.9. The summed E-state index contributed by atoms with van der Waals surface area (Å²) in [5, 5.41) is 3.05. The lowest BCUT2D eigenvalue weighted by Crippen LogP contribution is -2.41. The second-order valence-electron chi connectivity index (χ2n) is 11.9. The molecule has 0 unspecified atom stereocenters. The fourth-order valence-electron chi connectivity index (χ4n) is 4.36. The Morgan fingerprint density at radius 2 is 1.76 bits per heavy atom. The molecule has 1 atom stereocenters. The Hall–Kier alpha value is -2.88. The summed E-state index contributed by atoms with van der Waals surface area (Å²) < 4.78 is 31.0. The van der Waals surface area contributed by atoms with E-state index in [1.807, 2.05) is 13.1 Å². The molecular weight excluding hydrogens is 577 g/mol. The number of benzene rings is 2. The van der Waals surface area contributed by atoms with Crippen molar-refractivity contribution in [3.05, 3.63) is 69.6 Å². The Kier molecular flexibility index (Phi) is 12.6. The SMILES string of the molecule is CCOC(=O)C(=CN[C@H](CCC(C)(C)[Si](C)(C)O)C(C)C)C(=O)c1cc(Cc2cccc(Cl)c2F)c(OC)cc1OC. The van der Waals surface area contributed by atoms with Crippen LogP contribution in [0.4, 0.5) is 4.39 Å². The summed E-state index contributed by atoms with van der Waals surface area (Å²) in [4.78, 5) is 37.7. The Morgan fingerprint density at radius 3 is 2.31 bits per heavy atom. The summed E-state index contributed by atoms with van der Waals surface area (Å²) in [6.07, 6.45) is 3.00. The van der Waals surface area contributed by atoms with Crippen molar-refractivity contribution in [2.24, 2.45) is 5.92 Å². The highest BCUT2D eigenvalue weighted by Crippen LogP contribution is 2.40. The molecule has 0 bridgehead atoms. The van der Waals surface area contributed by atoms with Gasteiger partial charge in [-0.15, -0.1) is 0 Å². The number of hydrogen-bond donors (Lipinski definition) is 2. The van der Waals surface area contributed by atoms with E-state index in [0.717, 1.165) is 12.8 Å². The van der Waals surface area contributed by atoms with Crippen molar-refractivity contribution >= 4 is 31.7 Å². The van der Waals surface area contributed by atoms with Crippen LogP contribution in [0, 0.1) is 11.7 Å². The lowest BCUT2D eigenvalue weighted by atomic mass is 9.94. The molecule has 42 heavy (non-hydrogen) atoms. The molecule has 0 amide bonds. The highest BCUT2D eigenvalue weighted by molar-refractivity contribution is 6.72. The summed E-state index contributed by atoms with van der Waals surface area (Å²) in [6, 6.07) is 7.73. The molecule has 10 heteroatoms. The molecule has 0 spiro atoms. The Labute approximate surface area is 255 Å². The van der Waals surface area contributed by atoms with Gasteiger partial charge in [-0.05, 0) is 67.1 Å². The van der Waals surface area contributed by atoms with Gasteiger partial charge in [-0.3, -0.25) is 4.79 Å². The van der Waals surface area contributed by atoms with Crippen molar-refractivity contribution in [1.29, 1.82) is 0 Å². The van der Waals surface area contributed by atoms with Gasteiger partial charge in [0.1, 0.15) is 22.9 Å². The summed E-state index contributed by atoms with van der Waals surface area (Å²) in [6.45, 7) is 13.9. The van der Waals surface area contributed by atoms with E-state index in [2.05, 4.69) is 33.0 Å². The van der Waals surface area contributed by atoms with Gasteiger partial charge < -0.3 is 24.3 Å². The number of Topliss-reactive ketones (excluding diaryl/α,β-unsaturated/α-hetero) is 1. The second-order valence-corrected chi connectivity index (χ2v) is 16.7. The first-order chi connectivity index (χ1) is 19.6. The van der Waals surface area contributed by atoms with Crippen molar-refractivity contribution in [2.75, 3.05) is 20.8 Å². The smallest absolute Gasteiger partial charge is 0.343 e. The van der Waals surface area contributed by atoms with Gasteiger partial charge in [-0.2, -0.15) is 0 Å². The number of halogens is 2. The zero-order valence-electron chi connectivity index (χ0n) is 26.2. The van der Waals surface area contributed by atoms with Crippen LogP contribution in [-0.4, -0.2) is 51.7 Å². The maximum atomic E-state index is 14.7. The second kappa shape index (κ2) is 15.0. The van der Waals surface area contributed by atoms with E-state index < -0.39 is 25.9 Å². The Bertz CT molecular complexity index is 1290. The first kappa shape index (κ1) is 35.3. The number of carbonyl (C=O) groups excluding carboxylic acids is 2. The molecule has 0 fully saturated rings. The summed E-state index contributed by atoms with van der Waals surface area (Å²) in [5.41, 5.74) is 0.746. The molecule has 0 heterocycles. The topological polar surface area (TPSA) is 94.1 Å². The number of ketones is 1. The average molecular weight is 622 g/mol. The van der Waals surface area contributed by atoms with E-state index in [4.69, 9.17) is 25.8 Å². The number of nitrogens with one attached hydrogen (secondary N) is 1. The minimum atomic E-state index is -2.41. The molecule has 2 N–H and O–H groups in total. The van der Waals surface area contributed by atoms with Crippen LogP contribution < -0.4 is 14.8 Å². The predicted octanol–water partition coefficient (Wildman–Crippen LogP) is 7.09. The van der Waals surface area contributed by atoms with Crippen molar-refractivity contribution in [3.8, 4) is 11.5 Å². The average Bonchev–Trinajstić information content (AvgIpc) is 2.91. The number of ether oxygens (including phenoxy) is 3. The standard InChI is InChI=1S/C32H45ClFNO6Si/c1-10-41-31(37)24(19-35-26(20(2)3)14-15-32(4,5)42(8,9)38)30(36)23-17-22(27(39-6)18-28(23)40-7)16-21-12-11-13-25(33)29(21)34/h11-13,17-20,26,35,38H,10,14-16H2,1-9H3/t26-/m1/s1. The van der Waals surface area contributed by atoms with Gasteiger partial charge in [-0.25, -0.2) is 9.18 Å². The Balaban J connectivity index is 2.53. The van der Waals surface area contributed by atoms with Crippen LogP contribution in [0.5, 0.6) is 11.5 Å². The van der Waals surface area contributed by atoms with Crippen molar-refractivity contribution < 1.29 is 33.0 Å². The largest absolute Gasteiger partial charge is 0.496 e. The van der Waals surface area contributed by atoms with Crippen LogP contribution in [-0.2, 0) is 16.0 Å². The van der Waals surface area contributed by atoms with E-state index >= 15 is 0 Å². The van der Waals surface area contributed by atoms with E-state index in [9.17, 15) is 18.8 Å². The first-order valence-corrected chi connectivity index (χ1v) is 17.5. The molecule has 2 rings (SSSR count). The molecule has 0 aliphatic rings.